The van der Waals surface area contributed by atoms with Crippen LogP contribution < -0.4 is 33.3 Å². The average Bonchev–Trinajstić information content (AvgIpc) is 2.79. The van der Waals surface area contributed by atoms with Crippen molar-refractivity contribution in [1.29, 1.82) is 0 Å². The van der Waals surface area contributed by atoms with Gasteiger partial charge in [0.15, 0.2) is 12.4 Å². The fraction of sp³-hybridized carbons (Fsp3) is 0.607. The molecule has 0 aliphatic rings. The van der Waals surface area contributed by atoms with Crippen LogP contribution in [0, 0.1) is 6.92 Å². The van der Waals surface area contributed by atoms with E-state index in [9.17, 15) is 8.42 Å². The lowest BCUT2D eigenvalue weighted by Gasteiger charge is -2.21. The zero-order chi connectivity index (χ0) is 24.8. The summed E-state index contributed by atoms with van der Waals surface area (Å²) in [5.41, 5.74) is 3.02. The van der Waals surface area contributed by atoms with Crippen molar-refractivity contribution in [3.8, 4) is 5.75 Å². The molecule has 1 aromatic heterocycles. The van der Waals surface area contributed by atoms with Crippen LogP contribution in [-0.2, 0) is 30.2 Å². The summed E-state index contributed by atoms with van der Waals surface area (Å²) in [5.74, 6) is 0.860. The van der Waals surface area contributed by atoms with E-state index < -0.39 is 10.0 Å². The topological polar surface area (TPSA) is 50.5 Å². The molecule has 0 amide bonds. The number of benzene rings is 1. The van der Waals surface area contributed by atoms with Gasteiger partial charge < -0.3 is 28.7 Å². The number of rotatable bonds is 17. The molecule has 0 atom stereocenters. The number of pyridine rings is 1. The van der Waals surface area contributed by atoms with E-state index >= 15 is 0 Å². The minimum absolute atomic E-state index is 0. The maximum absolute atomic E-state index is 12.4. The van der Waals surface area contributed by atoms with E-state index in [-0.39, 0.29) is 24.0 Å². The van der Waals surface area contributed by atoms with Crippen molar-refractivity contribution in [2.24, 2.45) is 7.05 Å². The Labute approximate surface area is 231 Å². The van der Waals surface area contributed by atoms with Gasteiger partial charge >= 0.3 is 0 Å². The summed E-state index contributed by atoms with van der Waals surface area (Å²) in [5, 5.41) is 0. The second-order valence-electron chi connectivity index (χ2n) is 9.52. The van der Waals surface area contributed by atoms with Crippen LogP contribution in [0.3, 0.4) is 0 Å². The number of hydrogen-bond donors (Lipinski definition) is 0. The quantitative estimate of drug-likeness (QED) is 0.156. The van der Waals surface area contributed by atoms with Gasteiger partial charge in [0.25, 0.3) is 0 Å². The summed E-state index contributed by atoms with van der Waals surface area (Å²) >= 11 is 0. The molecule has 1 aromatic carbocycles. The minimum Gasteiger partial charge on any atom is -1.00 e. The smallest absolute Gasteiger partial charge is 0.211 e. The second kappa shape index (κ2) is 17.3. The Kier molecular flexibility index (Phi) is 15.7. The average molecular weight is 617 g/mol. The van der Waals surface area contributed by atoms with Crippen molar-refractivity contribution in [3.63, 3.8) is 0 Å². The van der Waals surface area contributed by atoms with E-state index in [1.807, 2.05) is 61.3 Å². The van der Waals surface area contributed by atoms with Gasteiger partial charge in [-0.05, 0) is 42.2 Å². The molecule has 0 aliphatic carbocycles. The first kappa shape index (κ1) is 31.8. The molecule has 0 saturated heterocycles. The molecule has 0 spiro atoms. The van der Waals surface area contributed by atoms with Crippen molar-refractivity contribution in [2.45, 2.75) is 91.1 Å². The standard InChI is InChI=1S/C28H45N2O3S.HI/c1-5-6-7-8-9-10-11-12-13-14-21-33-28-16-15-27(25(2)22-28)24-30(34(4,31)32)23-26-17-19-29(3)20-18-26;/h15-20,22H,5-14,21,23-24H2,1-4H3;1H/q+1;/p-1. The molecule has 7 heteroatoms. The van der Waals surface area contributed by atoms with E-state index in [0.717, 1.165) is 35.5 Å². The summed E-state index contributed by atoms with van der Waals surface area (Å²) in [6.45, 7) is 5.72. The van der Waals surface area contributed by atoms with Crippen LogP contribution in [0.1, 0.15) is 87.8 Å². The predicted molar refractivity (Wildman–Crippen MR) is 140 cm³/mol. The van der Waals surface area contributed by atoms with Crippen LogP contribution in [0.25, 0.3) is 0 Å². The summed E-state index contributed by atoms with van der Waals surface area (Å²) in [6, 6.07) is 9.88. The Bertz CT molecular complexity index is 949. The van der Waals surface area contributed by atoms with Gasteiger partial charge in [-0.25, -0.2) is 13.0 Å². The number of ether oxygens (including phenoxy) is 1. The zero-order valence-corrected chi connectivity index (χ0v) is 25.1. The fourth-order valence-electron chi connectivity index (χ4n) is 4.04. The van der Waals surface area contributed by atoms with E-state index in [1.54, 1.807) is 0 Å². The molecule has 1 heterocycles. The van der Waals surface area contributed by atoms with Gasteiger partial charge in [0.2, 0.25) is 10.0 Å². The van der Waals surface area contributed by atoms with E-state index in [2.05, 4.69) is 6.92 Å². The molecular formula is C28H45IN2O3S. The molecule has 5 nitrogen and oxygen atoms in total. The normalized spacial score (nSPS) is 11.5. The van der Waals surface area contributed by atoms with Crippen molar-refractivity contribution >= 4 is 10.0 Å². The van der Waals surface area contributed by atoms with Crippen LogP contribution in [0.15, 0.2) is 42.7 Å². The van der Waals surface area contributed by atoms with Crippen molar-refractivity contribution in [3.05, 3.63) is 59.4 Å². The highest BCUT2D eigenvalue weighted by molar-refractivity contribution is 7.88. The fourth-order valence-corrected chi connectivity index (χ4v) is 4.79. The Balaban J connectivity index is 0.00000612. The third-order valence-corrected chi connectivity index (χ3v) is 7.50. The molecule has 0 radical (unpaired) electrons. The molecule has 0 fully saturated rings. The molecule has 0 aliphatic heterocycles. The van der Waals surface area contributed by atoms with Gasteiger partial charge in [0, 0.05) is 25.2 Å². The highest BCUT2D eigenvalue weighted by Gasteiger charge is 2.19. The SMILES string of the molecule is CCCCCCCCCCCCOc1ccc(CN(Cc2cc[n+](C)cc2)S(C)(=O)=O)c(C)c1.[I-]. The lowest BCUT2D eigenvalue weighted by Crippen LogP contribution is -3.00. The molecular weight excluding hydrogens is 571 g/mol. The minimum atomic E-state index is -3.34. The number of sulfonamides is 1. The van der Waals surface area contributed by atoms with Crippen LogP contribution in [0.5, 0.6) is 5.75 Å². The first-order valence-corrected chi connectivity index (χ1v) is 14.8. The Hall–Kier alpha value is -1.19. The number of aryl methyl sites for hydroxylation is 2. The molecule has 2 rings (SSSR count). The molecule has 0 saturated carbocycles. The number of hydrogen-bond acceptors (Lipinski definition) is 3. The number of unbranched alkanes of at least 4 members (excludes halogenated alkanes) is 9. The lowest BCUT2D eigenvalue weighted by molar-refractivity contribution is -0.671. The first-order chi connectivity index (χ1) is 16.3. The van der Waals surface area contributed by atoms with Crippen LogP contribution >= 0.6 is 0 Å². The van der Waals surface area contributed by atoms with Crippen LogP contribution in [0.4, 0.5) is 0 Å². The predicted octanol–water partition coefficient (Wildman–Crippen LogP) is 3.09. The summed E-state index contributed by atoms with van der Waals surface area (Å²) in [4.78, 5) is 0. The molecule has 0 bridgehead atoms. The zero-order valence-electron chi connectivity index (χ0n) is 22.1. The number of nitrogens with zero attached hydrogens (tertiary/aromatic N) is 2. The highest BCUT2D eigenvalue weighted by Crippen LogP contribution is 2.21. The molecule has 35 heavy (non-hydrogen) atoms. The van der Waals surface area contributed by atoms with Crippen molar-refractivity contribution < 1.29 is 41.7 Å². The van der Waals surface area contributed by atoms with Gasteiger partial charge in [-0.2, -0.15) is 4.31 Å². The van der Waals surface area contributed by atoms with Crippen LogP contribution in [-0.4, -0.2) is 25.6 Å². The van der Waals surface area contributed by atoms with Crippen molar-refractivity contribution in [1.82, 2.24) is 4.31 Å². The van der Waals surface area contributed by atoms with Gasteiger partial charge in [-0.15, -0.1) is 0 Å². The van der Waals surface area contributed by atoms with Gasteiger partial charge in [0.1, 0.15) is 12.8 Å². The first-order valence-electron chi connectivity index (χ1n) is 12.9. The van der Waals surface area contributed by atoms with Crippen LogP contribution in [0.2, 0.25) is 0 Å². The van der Waals surface area contributed by atoms with E-state index in [1.165, 1.54) is 68.3 Å². The Morgan fingerprint density at radius 1 is 0.857 bits per heavy atom. The van der Waals surface area contributed by atoms with Gasteiger partial charge in [-0.3, -0.25) is 0 Å². The van der Waals surface area contributed by atoms with E-state index in [0.29, 0.717) is 13.1 Å². The van der Waals surface area contributed by atoms with Gasteiger partial charge in [-0.1, -0.05) is 70.8 Å². The molecule has 0 N–H and O–H groups in total. The molecule has 0 unspecified atom stereocenters. The maximum Gasteiger partial charge on any atom is 0.211 e. The lowest BCUT2D eigenvalue weighted by atomic mass is 10.1. The molecule has 198 valence electrons. The van der Waals surface area contributed by atoms with Gasteiger partial charge in [0.05, 0.1) is 12.9 Å². The summed E-state index contributed by atoms with van der Waals surface area (Å²) in [7, 11) is -1.39. The monoisotopic (exact) mass is 616 g/mol. The number of halogens is 1. The number of aromatic nitrogens is 1. The highest BCUT2D eigenvalue weighted by atomic mass is 127. The Morgan fingerprint density at radius 3 is 1.97 bits per heavy atom. The summed E-state index contributed by atoms with van der Waals surface area (Å²) in [6.07, 6.45) is 18.3. The summed E-state index contributed by atoms with van der Waals surface area (Å²) < 4.78 is 34.2. The van der Waals surface area contributed by atoms with Crippen molar-refractivity contribution in [2.75, 3.05) is 12.9 Å². The third-order valence-electron chi connectivity index (χ3n) is 6.30. The maximum atomic E-state index is 12.4. The largest absolute Gasteiger partial charge is 1.00 e. The molecule has 2 aromatic rings. The second-order valence-corrected chi connectivity index (χ2v) is 11.5. The Morgan fingerprint density at radius 2 is 1.43 bits per heavy atom. The third kappa shape index (κ3) is 13.1. The van der Waals surface area contributed by atoms with E-state index in [4.69, 9.17) is 4.74 Å².